The van der Waals surface area contributed by atoms with Gasteiger partial charge in [0, 0.05) is 18.3 Å². The van der Waals surface area contributed by atoms with Crippen LogP contribution in [-0.4, -0.2) is 33.0 Å². The summed E-state index contributed by atoms with van der Waals surface area (Å²) in [4.78, 5) is 16.3. The lowest BCUT2D eigenvalue weighted by molar-refractivity contribution is -0.139. The Hall–Kier alpha value is -1.49. The van der Waals surface area contributed by atoms with Crippen molar-refractivity contribution in [3.63, 3.8) is 0 Å². The summed E-state index contributed by atoms with van der Waals surface area (Å²) in [7, 11) is 0. The van der Waals surface area contributed by atoms with Gasteiger partial charge in [0.1, 0.15) is 5.82 Å². The third kappa shape index (κ3) is 4.48. The fraction of sp³-hybridized carbons (Fsp3) is 0.500. The van der Waals surface area contributed by atoms with Crippen LogP contribution in [0.2, 0.25) is 0 Å². The van der Waals surface area contributed by atoms with E-state index in [1.54, 1.807) is 11.1 Å². The molecule has 0 aliphatic rings. The number of nitrogens with zero attached hydrogens (tertiary/aromatic N) is 2. The van der Waals surface area contributed by atoms with Crippen LogP contribution in [0.15, 0.2) is 18.5 Å². The number of hydrogen-bond donors (Lipinski definition) is 1. The summed E-state index contributed by atoms with van der Waals surface area (Å²) in [5.74, 6) is -1.31. The molecule has 1 N–H and O–H groups in total. The number of hydrogen-bond acceptors (Lipinski definition) is 3. The zero-order valence-corrected chi connectivity index (χ0v) is 10.3. The van der Waals surface area contributed by atoms with Crippen LogP contribution in [-0.2, 0) is 11.3 Å². The van der Waals surface area contributed by atoms with E-state index in [4.69, 9.17) is 5.11 Å². The molecule has 0 saturated heterocycles. The molecule has 1 aromatic rings. The number of halogens is 1. The highest BCUT2D eigenvalue weighted by atomic mass is 19.1. The Morgan fingerprint density at radius 1 is 1.47 bits per heavy atom. The predicted octanol–water partition coefficient (Wildman–Crippen LogP) is 1.91. The van der Waals surface area contributed by atoms with Crippen LogP contribution in [0, 0.1) is 5.82 Å². The molecular formula is C12H17FN2O2. The summed E-state index contributed by atoms with van der Waals surface area (Å²) >= 11 is 0. The monoisotopic (exact) mass is 240 g/mol. The van der Waals surface area contributed by atoms with Gasteiger partial charge >= 0.3 is 5.97 Å². The van der Waals surface area contributed by atoms with Gasteiger partial charge < -0.3 is 5.11 Å². The number of carbonyl (C=O) groups is 1. The van der Waals surface area contributed by atoms with Crippen LogP contribution >= 0.6 is 0 Å². The van der Waals surface area contributed by atoms with Gasteiger partial charge in [0.25, 0.3) is 0 Å². The summed E-state index contributed by atoms with van der Waals surface area (Å²) < 4.78 is 13.0. The van der Waals surface area contributed by atoms with Gasteiger partial charge in [-0.1, -0.05) is 0 Å². The van der Waals surface area contributed by atoms with Crippen LogP contribution < -0.4 is 0 Å². The Kier molecular flexibility index (Phi) is 4.17. The Balaban J connectivity index is 2.83. The minimum atomic E-state index is -0.899. The largest absolute Gasteiger partial charge is 0.480 e. The lowest BCUT2D eigenvalue weighted by Crippen LogP contribution is -2.43. The van der Waals surface area contributed by atoms with Gasteiger partial charge in [0.15, 0.2) is 0 Å². The Bertz CT molecular complexity index is 402. The number of carboxylic acid groups (broad SMARTS) is 1. The molecule has 0 atom stereocenters. The zero-order chi connectivity index (χ0) is 13.1. The SMILES string of the molecule is CC(C)(C)N(CC(=O)O)Cc1cncc(F)c1. The molecule has 1 rings (SSSR count). The van der Waals surface area contributed by atoms with Gasteiger partial charge in [-0.2, -0.15) is 0 Å². The number of carboxylic acids is 1. The van der Waals surface area contributed by atoms with E-state index in [9.17, 15) is 9.18 Å². The van der Waals surface area contributed by atoms with Crippen molar-refractivity contribution < 1.29 is 14.3 Å². The second-order valence-corrected chi connectivity index (χ2v) is 4.93. The van der Waals surface area contributed by atoms with Crippen molar-refractivity contribution in [2.24, 2.45) is 0 Å². The fourth-order valence-electron chi connectivity index (χ4n) is 1.46. The zero-order valence-electron chi connectivity index (χ0n) is 10.3. The lowest BCUT2D eigenvalue weighted by Gasteiger charge is -2.34. The van der Waals surface area contributed by atoms with Crippen molar-refractivity contribution in [2.45, 2.75) is 32.9 Å². The topological polar surface area (TPSA) is 53.4 Å². The standard InChI is InChI=1S/C12H17FN2O2/c1-12(2,3)15(8-11(16)17)7-9-4-10(13)6-14-5-9/h4-6H,7-8H2,1-3H3,(H,16,17). The summed E-state index contributed by atoms with van der Waals surface area (Å²) in [5.41, 5.74) is 0.367. The molecule has 0 aliphatic heterocycles. The average molecular weight is 240 g/mol. The van der Waals surface area contributed by atoms with Crippen LogP contribution in [0.1, 0.15) is 26.3 Å². The number of pyridine rings is 1. The van der Waals surface area contributed by atoms with E-state index in [1.807, 2.05) is 20.8 Å². The van der Waals surface area contributed by atoms with E-state index in [2.05, 4.69) is 4.98 Å². The van der Waals surface area contributed by atoms with E-state index in [0.29, 0.717) is 12.1 Å². The maximum absolute atomic E-state index is 13.0. The molecule has 5 heteroatoms. The summed E-state index contributed by atoms with van der Waals surface area (Å²) in [6.07, 6.45) is 2.67. The normalized spacial score (nSPS) is 11.8. The maximum atomic E-state index is 13.0. The van der Waals surface area contributed by atoms with E-state index in [1.165, 1.54) is 6.07 Å². The van der Waals surface area contributed by atoms with Crippen molar-refractivity contribution in [3.05, 3.63) is 29.8 Å². The quantitative estimate of drug-likeness (QED) is 0.873. The van der Waals surface area contributed by atoms with Crippen molar-refractivity contribution in [1.29, 1.82) is 0 Å². The summed E-state index contributed by atoms with van der Waals surface area (Å²) in [5, 5.41) is 8.85. The molecule has 1 aromatic heterocycles. The first-order valence-electron chi connectivity index (χ1n) is 5.35. The third-order valence-electron chi connectivity index (χ3n) is 2.41. The number of rotatable bonds is 4. The second kappa shape index (κ2) is 5.23. The molecule has 17 heavy (non-hydrogen) atoms. The highest BCUT2D eigenvalue weighted by molar-refractivity contribution is 5.69. The first-order chi connectivity index (χ1) is 7.79. The van der Waals surface area contributed by atoms with Gasteiger partial charge in [0.05, 0.1) is 12.7 Å². The van der Waals surface area contributed by atoms with Crippen LogP contribution in [0.5, 0.6) is 0 Å². The Labute approximate surface area is 100 Å². The highest BCUT2D eigenvalue weighted by Crippen LogP contribution is 2.16. The summed E-state index contributed by atoms with van der Waals surface area (Å²) in [6.45, 7) is 6.04. The Morgan fingerprint density at radius 3 is 2.59 bits per heavy atom. The van der Waals surface area contributed by atoms with Crippen molar-refractivity contribution in [1.82, 2.24) is 9.88 Å². The highest BCUT2D eigenvalue weighted by Gasteiger charge is 2.23. The molecule has 4 nitrogen and oxygen atoms in total. The average Bonchev–Trinajstić information content (AvgIpc) is 2.14. The maximum Gasteiger partial charge on any atom is 0.317 e. The van der Waals surface area contributed by atoms with Gasteiger partial charge in [-0.3, -0.25) is 14.7 Å². The number of aromatic nitrogens is 1. The number of aliphatic carboxylic acids is 1. The predicted molar refractivity (Wildman–Crippen MR) is 62.0 cm³/mol. The smallest absolute Gasteiger partial charge is 0.317 e. The molecule has 0 unspecified atom stereocenters. The first kappa shape index (κ1) is 13.6. The molecular weight excluding hydrogens is 223 g/mol. The molecule has 0 amide bonds. The van der Waals surface area contributed by atoms with Gasteiger partial charge in [-0.25, -0.2) is 4.39 Å². The second-order valence-electron chi connectivity index (χ2n) is 4.93. The van der Waals surface area contributed by atoms with E-state index in [0.717, 1.165) is 6.20 Å². The van der Waals surface area contributed by atoms with Crippen molar-refractivity contribution in [2.75, 3.05) is 6.54 Å². The molecule has 0 bridgehead atoms. The molecule has 0 aliphatic carbocycles. The summed E-state index contributed by atoms with van der Waals surface area (Å²) in [6, 6.07) is 1.37. The van der Waals surface area contributed by atoms with Crippen LogP contribution in [0.4, 0.5) is 4.39 Å². The van der Waals surface area contributed by atoms with Gasteiger partial charge in [0.2, 0.25) is 0 Å². The lowest BCUT2D eigenvalue weighted by atomic mass is 10.0. The minimum Gasteiger partial charge on any atom is -0.480 e. The molecule has 0 radical (unpaired) electrons. The van der Waals surface area contributed by atoms with Gasteiger partial charge in [-0.15, -0.1) is 0 Å². The molecule has 0 spiro atoms. The van der Waals surface area contributed by atoms with E-state index >= 15 is 0 Å². The van der Waals surface area contributed by atoms with Crippen molar-refractivity contribution in [3.8, 4) is 0 Å². The minimum absolute atomic E-state index is 0.0833. The Morgan fingerprint density at radius 2 is 2.12 bits per heavy atom. The fourth-order valence-corrected chi connectivity index (χ4v) is 1.46. The van der Waals surface area contributed by atoms with Crippen LogP contribution in [0.3, 0.4) is 0 Å². The van der Waals surface area contributed by atoms with Crippen LogP contribution in [0.25, 0.3) is 0 Å². The molecule has 0 aromatic carbocycles. The van der Waals surface area contributed by atoms with Gasteiger partial charge in [-0.05, 0) is 32.4 Å². The molecule has 0 saturated carbocycles. The third-order valence-corrected chi connectivity index (χ3v) is 2.41. The molecule has 1 heterocycles. The van der Waals surface area contributed by atoms with Crippen molar-refractivity contribution >= 4 is 5.97 Å². The van der Waals surface area contributed by atoms with E-state index in [-0.39, 0.29) is 12.1 Å². The van der Waals surface area contributed by atoms with E-state index < -0.39 is 11.8 Å². The molecule has 94 valence electrons. The molecule has 0 fully saturated rings. The first-order valence-corrected chi connectivity index (χ1v) is 5.35.